The SMILES string of the molecule is COc1ccc(C[C@@H]2NCCC[C@@H]2C(C)(O)c2ccccc2)cc1. The van der Waals surface area contributed by atoms with E-state index < -0.39 is 5.60 Å². The first-order chi connectivity index (χ1) is 11.6. The van der Waals surface area contributed by atoms with Gasteiger partial charge in [0.05, 0.1) is 12.7 Å². The average Bonchev–Trinajstić information content (AvgIpc) is 2.63. The van der Waals surface area contributed by atoms with Crippen molar-refractivity contribution >= 4 is 0 Å². The van der Waals surface area contributed by atoms with Crippen molar-refractivity contribution in [3.8, 4) is 5.75 Å². The van der Waals surface area contributed by atoms with Crippen LogP contribution in [-0.4, -0.2) is 24.8 Å². The molecule has 3 atom stereocenters. The fraction of sp³-hybridized carbons (Fsp3) is 0.429. The van der Waals surface area contributed by atoms with E-state index in [0.717, 1.165) is 37.1 Å². The number of nitrogens with one attached hydrogen (secondary N) is 1. The highest BCUT2D eigenvalue weighted by atomic mass is 16.5. The van der Waals surface area contributed by atoms with E-state index in [4.69, 9.17) is 4.74 Å². The number of aliphatic hydroxyl groups is 1. The lowest BCUT2D eigenvalue weighted by Gasteiger charge is -2.42. The molecule has 1 aliphatic rings. The molecule has 0 aliphatic carbocycles. The number of piperidine rings is 1. The number of hydrogen-bond acceptors (Lipinski definition) is 3. The Labute approximate surface area is 144 Å². The van der Waals surface area contributed by atoms with Crippen LogP contribution in [0.5, 0.6) is 5.75 Å². The summed E-state index contributed by atoms with van der Waals surface area (Å²) < 4.78 is 5.24. The number of hydrogen-bond donors (Lipinski definition) is 2. The van der Waals surface area contributed by atoms with Crippen LogP contribution in [0, 0.1) is 5.92 Å². The van der Waals surface area contributed by atoms with Crippen LogP contribution in [0.25, 0.3) is 0 Å². The number of methoxy groups -OCH3 is 1. The van der Waals surface area contributed by atoms with Gasteiger partial charge in [-0.05, 0) is 56.0 Å². The second-order valence-electron chi connectivity index (χ2n) is 6.88. The molecule has 1 fully saturated rings. The lowest BCUT2D eigenvalue weighted by molar-refractivity contribution is -0.0345. The monoisotopic (exact) mass is 325 g/mol. The molecule has 0 spiro atoms. The normalized spacial score (nSPS) is 23.5. The summed E-state index contributed by atoms with van der Waals surface area (Å²) in [5.41, 5.74) is 1.44. The highest BCUT2D eigenvalue weighted by Gasteiger charge is 2.40. The highest BCUT2D eigenvalue weighted by Crippen LogP contribution is 2.37. The van der Waals surface area contributed by atoms with E-state index in [1.54, 1.807) is 7.11 Å². The Hall–Kier alpha value is -1.84. The molecule has 0 amide bonds. The molecule has 24 heavy (non-hydrogen) atoms. The molecule has 2 aromatic rings. The standard InChI is InChI=1S/C21H27NO2/c1-21(23,17-7-4-3-5-8-17)19-9-6-14-22-20(19)15-16-10-12-18(24-2)13-11-16/h3-5,7-8,10-13,19-20,22-23H,6,9,14-15H2,1-2H3/t19-,20-,21?/m0/s1. The quantitative estimate of drug-likeness (QED) is 0.884. The van der Waals surface area contributed by atoms with Crippen LogP contribution < -0.4 is 10.1 Å². The van der Waals surface area contributed by atoms with Crippen molar-refractivity contribution < 1.29 is 9.84 Å². The number of ether oxygens (including phenoxy) is 1. The summed E-state index contributed by atoms with van der Waals surface area (Å²) in [6, 6.07) is 18.5. The molecule has 3 nitrogen and oxygen atoms in total. The third-order valence-corrected chi connectivity index (χ3v) is 5.28. The van der Waals surface area contributed by atoms with Crippen molar-refractivity contribution in [2.24, 2.45) is 5.92 Å². The molecule has 128 valence electrons. The molecule has 1 unspecified atom stereocenters. The Morgan fingerprint density at radius 1 is 1.12 bits per heavy atom. The predicted octanol–water partition coefficient (Wildman–Crippen LogP) is 3.51. The first kappa shape index (κ1) is 17.0. The summed E-state index contributed by atoms with van der Waals surface area (Å²) in [5.74, 6) is 1.07. The van der Waals surface area contributed by atoms with Gasteiger partial charge in [0.15, 0.2) is 0 Å². The molecule has 0 saturated carbocycles. The lowest BCUT2D eigenvalue weighted by Crippen LogP contribution is -2.51. The van der Waals surface area contributed by atoms with Crippen LogP contribution in [-0.2, 0) is 12.0 Å². The fourth-order valence-corrected chi connectivity index (χ4v) is 3.85. The zero-order chi connectivity index (χ0) is 17.0. The van der Waals surface area contributed by atoms with E-state index >= 15 is 0 Å². The molecule has 1 heterocycles. The molecule has 0 radical (unpaired) electrons. The van der Waals surface area contributed by atoms with Gasteiger partial charge in [-0.25, -0.2) is 0 Å². The molecule has 1 saturated heterocycles. The van der Waals surface area contributed by atoms with Gasteiger partial charge in [0.1, 0.15) is 5.75 Å². The largest absolute Gasteiger partial charge is 0.497 e. The van der Waals surface area contributed by atoms with Crippen molar-refractivity contribution in [1.82, 2.24) is 5.32 Å². The Morgan fingerprint density at radius 2 is 1.83 bits per heavy atom. The first-order valence-corrected chi connectivity index (χ1v) is 8.75. The minimum Gasteiger partial charge on any atom is -0.497 e. The molecular formula is C21H27NO2. The van der Waals surface area contributed by atoms with Gasteiger partial charge in [0.2, 0.25) is 0 Å². The van der Waals surface area contributed by atoms with Gasteiger partial charge < -0.3 is 15.2 Å². The van der Waals surface area contributed by atoms with E-state index in [9.17, 15) is 5.11 Å². The van der Waals surface area contributed by atoms with Crippen molar-refractivity contribution in [2.75, 3.05) is 13.7 Å². The van der Waals surface area contributed by atoms with E-state index in [1.807, 2.05) is 49.4 Å². The van der Waals surface area contributed by atoms with Crippen LogP contribution in [0.3, 0.4) is 0 Å². The predicted molar refractivity (Wildman–Crippen MR) is 97.2 cm³/mol. The van der Waals surface area contributed by atoms with E-state index in [2.05, 4.69) is 17.4 Å². The topological polar surface area (TPSA) is 41.5 Å². The van der Waals surface area contributed by atoms with Crippen LogP contribution in [0.4, 0.5) is 0 Å². The Kier molecular flexibility index (Phi) is 5.22. The summed E-state index contributed by atoms with van der Waals surface area (Å²) >= 11 is 0. The Bertz CT molecular complexity index is 637. The maximum Gasteiger partial charge on any atom is 0.118 e. The first-order valence-electron chi connectivity index (χ1n) is 8.75. The molecule has 3 rings (SSSR count). The molecular weight excluding hydrogens is 298 g/mol. The molecule has 0 aromatic heterocycles. The van der Waals surface area contributed by atoms with Crippen molar-refractivity contribution in [3.05, 3.63) is 65.7 Å². The van der Waals surface area contributed by atoms with Crippen LogP contribution in [0.1, 0.15) is 30.9 Å². The van der Waals surface area contributed by atoms with Gasteiger partial charge in [-0.2, -0.15) is 0 Å². The van der Waals surface area contributed by atoms with Crippen molar-refractivity contribution in [2.45, 2.75) is 37.8 Å². The minimum atomic E-state index is -0.828. The number of rotatable bonds is 5. The molecule has 3 heteroatoms. The second-order valence-corrected chi connectivity index (χ2v) is 6.88. The maximum absolute atomic E-state index is 11.3. The van der Waals surface area contributed by atoms with E-state index in [-0.39, 0.29) is 12.0 Å². The Morgan fingerprint density at radius 3 is 2.50 bits per heavy atom. The smallest absolute Gasteiger partial charge is 0.118 e. The third kappa shape index (κ3) is 3.63. The fourth-order valence-electron chi connectivity index (χ4n) is 3.85. The van der Waals surface area contributed by atoms with E-state index in [0.29, 0.717) is 0 Å². The van der Waals surface area contributed by atoms with Gasteiger partial charge in [-0.3, -0.25) is 0 Å². The zero-order valence-electron chi connectivity index (χ0n) is 14.5. The third-order valence-electron chi connectivity index (χ3n) is 5.28. The summed E-state index contributed by atoms with van der Waals surface area (Å²) in [6.07, 6.45) is 3.06. The molecule has 0 bridgehead atoms. The summed E-state index contributed by atoms with van der Waals surface area (Å²) in [5, 5.41) is 14.9. The summed E-state index contributed by atoms with van der Waals surface area (Å²) in [7, 11) is 1.69. The average molecular weight is 325 g/mol. The van der Waals surface area contributed by atoms with Gasteiger partial charge in [-0.15, -0.1) is 0 Å². The lowest BCUT2D eigenvalue weighted by atomic mass is 9.73. The van der Waals surface area contributed by atoms with Gasteiger partial charge in [0.25, 0.3) is 0 Å². The summed E-state index contributed by atoms with van der Waals surface area (Å²) in [6.45, 7) is 2.98. The Balaban J connectivity index is 1.80. The van der Waals surface area contributed by atoms with E-state index in [1.165, 1.54) is 5.56 Å². The van der Waals surface area contributed by atoms with Gasteiger partial charge in [-0.1, -0.05) is 42.5 Å². The van der Waals surface area contributed by atoms with Crippen molar-refractivity contribution in [1.29, 1.82) is 0 Å². The highest BCUT2D eigenvalue weighted by molar-refractivity contribution is 5.29. The van der Waals surface area contributed by atoms with Crippen molar-refractivity contribution in [3.63, 3.8) is 0 Å². The van der Waals surface area contributed by atoms with Crippen LogP contribution in [0.15, 0.2) is 54.6 Å². The van der Waals surface area contributed by atoms with Crippen LogP contribution >= 0.6 is 0 Å². The maximum atomic E-state index is 11.3. The van der Waals surface area contributed by atoms with Gasteiger partial charge >= 0.3 is 0 Å². The second kappa shape index (κ2) is 7.37. The van der Waals surface area contributed by atoms with Crippen LogP contribution in [0.2, 0.25) is 0 Å². The molecule has 2 N–H and O–H groups in total. The molecule has 1 aliphatic heterocycles. The zero-order valence-corrected chi connectivity index (χ0v) is 14.5. The van der Waals surface area contributed by atoms with Gasteiger partial charge in [0, 0.05) is 12.0 Å². The minimum absolute atomic E-state index is 0.191. The molecule has 2 aromatic carbocycles. The number of benzene rings is 2. The summed E-state index contributed by atoms with van der Waals surface area (Å²) in [4.78, 5) is 0.